The smallest absolute Gasteiger partial charge is 0.385 e. The summed E-state index contributed by atoms with van der Waals surface area (Å²) in [5.74, 6) is -0.503. The van der Waals surface area contributed by atoms with Crippen LogP contribution in [0.4, 0.5) is 5.82 Å². The van der Waals surface area contributed by atoms with E-state index in [0.717, 1.165) is 6.42 Å². The van der Waals surface area contributed by atoms with Crippen LogP contribution in [0.25, 0.3) is 0 Å². The van der Waals surface area contributed by atoms with E-state index in [1.165, 1.54) is 16.9 Å². The lowest BCUT2D eigenvalue weighted by atomic mass is 10.4. The molecule has 8 heteroatoms. The van der Waals surface area contributed by atoms with E-state index < -0.39 is 4.92 Å². The maximum Gasteiger partial charge on any atom is 0.389 e. The molecule has 1 aromatic rings. The first-order chi connectivity index (χ1) is 8.13. The van der Waals surface area contributed by atoms with E-state index in [4.69, 9.17) is 4.74 Å². The number of nitrogens with one attached hydrogen (secondary N) is 1. The molecular weight excluding hydrogens is 228 g/mol. The Morgan fingerprint density at radius 3 is 3.06 bits per heavy atom. The number of carbonyl (C=O) groups excluding carboxylic acids is 1. The van der Waals surface area contributed by atoms with Gasteiger partial charge in [0.1, 0.15) is 6.54 Å². The van der Waals surface area contributed by atoms with Gasteiger partial charge in [-0.2, -0.15) is 4.68 Å². The number of amides is 1. The Morgan fingerprint density at radius 2 is 2.47 bits per heavy atom. The van der Waals surface area contributed by atoms with Crippen LogP contribution >= 0.6 is 0 Å². The standard InChI is InChI=1S/C9H14N4O4/c1-17-6-2-4-10-9(14)7-12-5-3-8(11-12)13(15)16/h3,5H,2,4,6-7H2,1H3,(H,10,14). The molecule has 0 radical (unpaired) electrons. The lowest BCUT2D eigenvalue weighted by Crippen LogP contribution is -2.29. The van der Waals surface area contributed by atoms with Crippen LogP contribution < -0.4 is 5.32 Å². The van der Waals surface area contributed by atoms with Gasteiger partial charge in [0, 0.05) is 20.3 Å². The minimum atomic E-state index is -0.604. The van der Waals surface area contributed by atoms with Crippen LogP contribution in [0.1, 0.15) is 6.42 Å². The fourth-order valence-electron chi connectivity index (χ4n) is 1.18. The van der Waals surface area contributed by atoms with Gasteiger partial charge in [0.2, 0.25) is 5.91 Å². The molecule has 0 aliphatic carbocycles. The van der Waals surface area contributed by atoms with Crippen molar-refractivity contribution >= 4 is 11.7 Å². The third-order valence-electron chi connectivity index (χ3n) is 1.97. The summed E-state index contributed by atoms with van der Waals surface area (Å²) in [5.41, 5.74) is 0. The molecule has 0 atom stereocenters. The maximum absolute atomic E-state index is 11.4. The topological polar surface area (TPSA) is 99.3 Å². The minimum absolute atomic E-state index is 0.0270. The maximum atomic E-state index is 11.4. The number of hydrogen-bond acceptors (Lipinski definition) is 5. The van der Waals surface area contributed by atoms with E-state index in [-0.39, 0.29) is 18.3 Å². The van der Waals surface area contributed by atoms with Crippen molar-refractivity contribution in [1.82, 2.24) is 15.1 Å². The summed E-state index contributed by atoms with van der Waals surface area (Å²) in [6.07, 6.45) is 2.12. The summed E-state index contributed by atoms with van der Waals surface area (Å²) in [5, 5.41) is 16.6. The molecule has 1 heterocycles. The van der Waals surface area contributed by atoms with Gasteiger partial charge < -0.3 is 20.2 Å². The molecule has 0 unspecified atom stereocenters. The quantitative estimate of drug-likeness (QED) is 0.410. The normalized spacial score (nSPS) is 10.2. The molecule has 0 aromatic carbocycles. The van der Waals surface area contributed by atoms with Crippen LogP contribution in [0.3, 0.4) is 0 Å². The number of carbonyl (C=O) groups is 1. The predicted octanol–water partition coefficient (Wildman–Crippen LogP) is -0.0560. The fourth-order valence-corrected chi connectivity index (χ4v) is 1.18. The third-order valence-corrected chi connectivity index (χ3v) is 1.97. The van der Waals surface area contributed by atoms with Crippen LogP contribution in [-0.4, -0.2) is 40.9 Å². The zero-order valence-electron chi connectivity index (χ0n) is 9.46. The van der Waals surface area contributed by atoms with Crippen molar-refractivity contribution in [3.63, 3.8) is 0 Å². The summed E-state index contributed by atoms with van der Waals surface area (Å²) < 4.78 is 6.05. The molecular formula is C9H14N4O4. The number of nitro groups is 1. The molecule has 0 bridgehead atoms. The van der Waals surface area contributed by atoms with Crippen molar-refractivity contribution in [2.45, 2.75) is 13.0 Å². The van der Waals surface area contributed by atoms with E-state index >= 15 is 0 Å². The summed E-state index contributed by atoms with van der Waals surface area (Å²) in [6.45, 7) is 1.06. The van der Waals surface area contributed by atoms with Gasteiger partial charge in [0.05, 0.1) is 17.4 Å². The fraction of sp³-hybridized carbons (Fsp3) is 0.556. The van der Waals surface area contributed by atoms with Gasteiger partial charge in [-0.05, 0) is 11.3 Å². The van der Waals surface area contributed by atoms with Gasteiger partial charge in [-0.1, -0.05) is 0 Å². The Bertz CT molecular complexity index is 390. The Labute approximate surface area is 97.7 Å². The molecule has 17 heavy (non-hydrogen) atoms. The molecule has 94 valence electrons. The molecule has 0 fully saturated rings. The SMILES string of the molecule is COCCCNC(=O)Cn1ccc([N+](=O)[O-])n1. The first-order valence-corrected chi connectivity index (χ1v) is 5.07. The summed E-state index contributed by atoms with van der Waals surface area (Å²) in [7, 11) is 1.59. The van der Waals surface area contributed by atoms with Crippen LogP contribution in [0, 0.1) is 10.1 Å². The molecule has 8 nitrogen and oxygen atoms in total. The second kappa shape index (κ2) is 6.59. The van der Waals surface area contributed by atoms with Crippen LogP contribution in [-0.2, 0) is 16.1 Å². The second-order valence-electron chi connectivity index (χ2n) is 3.32. The lowest BCUT2D eigenvalue weighted by Gasteiger charge is -2.02. The van der Waals surface area contributed by atoms with Crippen molar-refractivity contribution in [3.05, 3.63) is 22.4 Å². The molecule has 1 N–H and O–H groups in total. The van der Waals surface area contributed by atoms with Crippen molar-refractivity contribution in [3.8, 4) is 0 Å². The number of nitrogens with zero attached hydrogens (tertiary/aromatic N) is 3. The van der Waals surface area contributed by atoms with Gasteiger partial charge in [-0.15, -0.1) is 0 Å². The Morgan fingerprint density at radius 1 is 1.71 bits per heavy atom. The molecule has 1 rings (SSSR count). The number of methoxy groups -OCH3 is 1. The summed E-state index contributed by atoms with van der Waals surface area (Å²) in [6, 6.07) is 1.25. The van der Waals surface area contributed by atoms with Crippen LogP contribution in [0.2, 0.25) is 0 Å². The van der Waals surface area contributed by atoms with Gasteiger partial charge in [0.25, 0.3) is 0 Å². The highest BCUT2D eigenvalue weighted by Gasteiger charge is 2.12. The average molecular weight is 242 g/mol. The molecule has 0 saturated heterocycles. The molecule has 0 aliphatic heterocycles. The predicted molar refractivity (Wildman–Crippen MR) is 58.4 cm³/mol. The van der Waals surface area contributed by atoms with Crippen molar-refractivity contribution < 1.29 is 14.5 Å². The Kier molecular flexibility index (Phi) is 5.08. The molecule has 0 aliphatic rings. The molecule has 1 aromatic heterocycles. The van der Waals surface area contributed by atoms with E-state index in [1.54, 1.807) is 7.11 Å². The van der Waals surface area contributed by atoms with Crippen LogP contribution in [0.5, 0.6) is 0 Å². The van der Waals surface area contributed by atoms with Gasteiger partial charge >= 0.3 is 5.82 Å². The Hall–Kier alpha value is -1.96. The first-order valence-electron chi connectivity index (χ1n) is 5.07. The average Bonchev–Trinajstić information content (AvgIpc) is 2.73. The van der Waals surface area contributed by atoms with Crippen molar-refractivity contribution in [2.24, 2.45) is 0 Å². The van der Waals surface area contributed by atoms with Crippen LogP contribution in [0.15, 0.2) is 12.3 Å². The lowest BCUT2D eigenvalue weighted by molar-refractivity contribution is -0.389. The highest BCUT2D eigenvalue weighted by Crippen LogP contribution is 2.04. The second-order valence-corrected chi connectivity index (χ2v) is 3.32. The van der Waals surface area contributed by atoms with E-state index in [9.17, 15) is 14.9 Å². The monoisotopic (exact) mass is 242 g/mol. The number of aromatic nitrogens is 2. The Balaban J connectivity index is 2.32. The summed E-state index contributed by atoms with van der Waals surface area (Å²) >= 11 is 0. The summed E-state index contributed by atoms with van der Waals surface area (Å²) in [4.78, 5) is 21.1. The molecule has 0 spiro atoms. The van der Waals surface area contributed by atoms with Gasteiger partial charge in [0.15, 0.2) is 0 Å². The van der Waals surface area contributed by atoms with Crippen molar-refractivity contribution in [2.75, 3.05) is 20.3 Å². The highest BCUT2D eigenvalue weighted by atomic mass is 16.6. The zero-order chi connectivity index (χ0) is 12.7. The first kappa shape index (κ1) is 13.1. The van der Waals surface area contributed by atoms with Gasteiger partial charge in [-0.25, -0.2) is 0 Å². The molecule has 1 amide bonds. The zero-order valence-corrected chi connectivity index (χ0v) is 9.46. The van der Waals surface area contributed by atoms with E-state index in [0.29, 0.717) is 13.2 Å². The van der Waals surface area contributed by atoms with Gasteiger partial charge in [-0.3, -0.25) is 4.79 Å². The molecule has 0 saturated carbocycles. The largest absolute Gasteiger partial charge is 0.389 e. The van der Waals surface area contributed by atoms with E-state index in [2.05, 4.69) is 10.4 Å². The number of rotatable bonds is 7. The van der Waals surface area contributed by atoms with E-state index in [1.807, 2.05) is 0 Å². The van der Waals surface area contributed by atoms with Crippen molar-refractivity contribution in [1.29, 1.82) is 0 Å². The minimum Gasteiger partial charge on any atom is -0.385 e. The number of ether oxygens (including phenoxy) is 1. The highest BCUT2D eigenvalue weighted by molar-refractivity contribution is 5.75. The third kappa shape index (κ3) is 4.60. The number of hydrogen-bond donors (Lipinski definition) is 1.